The summed E-state index contributed by atoms with van der Waals surface area (Å²) in [6.45, 7) is -0.285. The van der Waals surface area contributed by atoms with E-state index in [1.165, 1.54) is 18.2 Å². The second-order valence-electron chi connectivity index (χ2n) is 5.38. The number of anilines is 1. The summed E-state index contributed by atoms with van der Waals surface area (Å²) in [5.74, 6) is -1.67. The molecule has 0 saturated carbocycles. The number of nitrogens with two attached hydrogens (primary N) is 1. The van der Waals surface area contributed by atoms with Crippen LogP contribution in [0.4, 0.5) is 5.69 Å². The lowest BCUT2D eigenvalue weighted by Crippen LogP contribution is -2.30. The highest BCUT2D eigenvalue weighted by Gasteiger charge is 2.22. The molecule has 124 valence electrons. The zero-order valence-corrected chi connectivity index (χ0v) is 13.0. The van der Waals surface area contributed by atoms with E-state index in [1.54, 1.807) is 24.3 Å². The summed E-state index contributed by atoms with van der Waals surface area (Å²) in [5.41, 5.74) is 6.56. The van der Waals surface area contributed by atoms with Gasteiger partial charge in [-0.05, 0) is 48.6 Å². The Morgan fingerprint density at radius 1 is 0.960 bits per heavy atom. The maximum Gasteiger partial charge on any atom is 0.251 e. The first-order chi connectivity index (χ1) is 12.0. The Morgan fingerprint density at radius 3 is 2.36 bits per heavy atom. The van der Waals surface area contributed by atoms with Crippen molar-refractivity contribution in [2.75, 3.05) is 12.3 Å². The molecule has 0 radical (unpaired) electrons. The molecule has 0 bridgehead atoms. The fourth-order valence-corrected chi connectivity index (χ4v) is 2.31. The van der Waals surface area contributed by atoms with Gasteiger partial charge in [-0.2, -0.15) is 0 Å². The normalized spacial score (nSPS) is 12.6. The van der Waals surface area contributed by atoms with Gasteiger partial charge in [0.2, 0.25) is 5.78 Å². The SMILES string of the molecule is Nc1ccc(C(=O)NCC(=O)c2ccc3c(n2)C(=O)C=CC3=O)cc1. The molecule has 0 spiro atoms. The van der Waals surface area contributed by atoms with Crippen molar-refractivity contribution >= 4 is 28.9 Å². The molecule has 1 amide bonds. The minimum absolute atomic E-state index is 0.00723. The molecule has 1 heterocycles. The molecule has 3 rings (SSSR count). The number of aromatic nitrogens is 1. The van der Waals surface area contributed by atoms with Gasteiger partial charge in [0.05, 0.1) is 12.1 Å². The average molecular weight is 335 g/mol. The molecule has 7 heteroatoms. The van der Waals surface area contributed by atoms with Crippen LogP contribution >= 0.6 is 0 Å². The molecular weight excluding hydrogens is 322 g/mol. The van der Waals surface area contributed by atoms with Crippen LogP contribution in [0.2, 0.25) is 0 Å². The zero-order chi connectivity index (χ0) is 18.0. The first kappa shape index (κ1) is 16.3. The number of fused-ring (bicyclic) bond motifs is 1. The van der Waals surface area contributed by atoms with Gasteiger partial charge in [0.1, 0.15) is 11.4 Å². The topological polar surface area (TPSA) is 119 Å². The summed E-state index contributed by atoms with van der Waals surface area (Å²) in [7, 11) is 0. The van der Waals surface area contributed by atoms with Gasteiger partial charge in [0, 0.05) is 11.3 Å². The molecule has 0 unspecified atom stereocenters. The van der Waals surface area contributed by atoms with E-state index < -0.39 is 17.5 Å². The number of carbonyl (C=O) groups excluding carboxylic acids is 4. The number of pyridine rings is 1. The molecule has 1 aromatic heterocycles. The number of nitrogens with zero attached hydrogens (tertiary/aromatic N) is 1. The molecule has 0 saturated heterocycles. The fourth-order valence-electron chi connectivity index (χ4n) is 2.31. The molecule has 25 heavy (non-hydrogen) atoms. The number of ketones is 3. The van der Waals surface area contributed by atoms with E-state index in [0.717, 1.165) is 6.08 Å². The largest absolute Gasteiger partial charge is 0.399 e. The van der Waals surface area contributed by atoms with Crippen LogP contribution in [0.1, 0.15) is 41.7 Å². The van der Waals surface area contributed by atoms with Crippen molar-refractivity contribution in [3.63, 3.8) is 0 Å². The minimum atomic E-state index is -0.471. The predicted octanol–water partition coefficient (Wildman–Crippen LogP) is 1.21. The van der Waals surface area contributed by atoms with Crippen LogP contribution < -0.4 is 11.1 Å². The first-order valence-corrected chi connectivity index (χ1v) is 7.40. The molecule has 0 fully saturated rings. The van der Waals surface area contributed by atoms with Crippen LogP contribution in [0.15, 0.2) is 48.6 Å². The minimum Gasteiger partial charge on any atom is -0.399 e. The summed E-state index contributed by atoms with van der Waals surface area (Å²) in [6, 6.07) is 9.00. The van der Waals surface area contributed by atoms with Gasteiger partial charge in [-0.1, -0.05) is 0 Å². The highest BCUT2D eigenvalue weighted by Crippen LogP contribution is 2.15. The fraction of sp³-hybridized carbons (Fsp3) is 0.0556. The van der Waals surface area contributed by atoms with Crippen molar-refractivity contribution in [2.45, 2.75) is 0 Å². The Bertz CT molecular complexity index is 930. The quantitative estimate of drug-likeness (QED) is 0.640. The number of hydrogen-bond donors (Lipinski definition) is 2. The predicted molar refractivity (Wildman–Crippen MR) is 89.6 cm³/mol. The molecule has 1 aromatic carbocycles. The molecule has 1 aliphatic rings. The maximum atomic E-state index is 12.2. The Hall–Kier alpha value is -3.61. The lowest BCUT2D eigenvalue weighted by molar-refractivity contribution is 0.0901. The molecule has 0 atom stereocenters. The molecule has 0 aliphatic heterocycles. The van der Waals surface area contributed by atoms with Gasteiger partial charge in [0.15, 0.2) is 11.6 Å². The highest BCUT2D eigenvalue weighted by atomic mass is 16.2. The van der Waals surface area contributed by atoms with E-state index in [4.69, 9.17) is 5.73 Å². The van der Waals surface area contributed by atoms with Crippen molar-refractivity contribution in [1.82, 2.24) is 10.3 Å². The summed E-state index contributed by atoms with van der Waals surface area (Å²) < 4.78 is 0. The van der Waals surface area contributed by atoms with Crippen molar-refractivity contribution in [1.29, 1.82) is 0 Å². The molecule has 1 aliphatic carbocycles. The van der Waals surface area contributed by atoms with E-state index in [0.29, 0.717) is 11.3 Å². The van der Waals surface area contributed by atoms with Gasteiger partial charge in [-0.15, -0.1) is 0 Å². The smallest absolute Gasteiger partial charge is 0.251 e. The van der Waals surface area contributed by atoms with E-state index in [2.05, 4.69) is 10.3 Å². The average Bonchev–Trinajstić information content (AvgIpc) is 2.63. The van der Waals surface area contributed by atoms with E-state index >= 15 is 0 Å². The van der Waals surface area contributed by atoms with Gasteiger partial charge in [-0.25, -0.2) is 4.98 Å². The van der Waals surface area contributed by atoms with Crippen LogP contribution in [-0.4, -0.2) is 34.8 Å². The number of nitrogens with one attached hydrogen (secondary N) is 1. The summed E-state index contributed by atoms with van der Waals surface area (Å²) in [4.78, 5) is 51.6. The number of amides is 1. The van der Waals surface area contributed by atoms with Crippen LogP contribution in [0.5, 0.6) is 0 Å². The van der Waals surface area contributed by atoms with Crippen LogP contribution in [0, 0.1) is 0 Å². The van der Waals surface area contributed by atoms with Gasteiger partial charge in [-0.3, -0.25) is 19.2 Å². The summed E-state index contributed by atoms with van der Waals surface area (Å²) in [6.07, 6.45) is 2.29. The second kappa shape index (κ2) is 6.48. The molecule has 7 nitrogen and oxygen atoms in total. The Morgan fingerprint density at radius 2 is 1.64 bits per heavy atom. The number of allylic oxidation sites excluding steroid dienone is 2. The van der Waals surface area contributed by atoms with Crippen LogP contribution in [-0.2, 0) is 0 Å². The third kappa shape index (κ3) is 3.35. The Balaban J connectivity index is 1.71. The number of nitrogen functional groups attached to an aromatic ring is 1. The number of Topliss-reactive ketones (excluding diaryl/α,β-unsaturated/α-hetero) is 1. The van der Waals surface area contributed by atoms with Crippen molar-refractivity contribution in [3.8, 4) is 0 Å². The molecular formula is C18H13N3O4. The summed E-state index contributed by atoms with van der Waals surface area (Å²) >= 11 is 0. The summed E-state index contributed by atoms with van der Waals surface area (Å²) in [5, 5.41) is 2.48. The van der Waals surface area contributed by atoms with Crippen LogP contribution in [0.25, 0.3) is 0 Å². The lowest BCUT2D eigenvalue weighted by atomic mass is 9.99. The van der Waals surface area contributed by atoms with E-state index in [9.17, 15) is 19.2 Å². The Kier molecular flexibility index (Phi) is 4.21. The first-order valence-electron chi connectivity index (χ1n) is 7.40. The highest BCUT2D eigenvalue weighted by molar-refractivity contribution is 6.21. The maximum absolute atomic E-state index is 12.2. The number of benzene rings is 1. The van der Waals surface area contributed by atoms with E-state index in [1.807, 2.05) is 0 Å². The van der Waals surface area contributed by atoms with Crippen molar-refractivity contribution in [2.24, 2.45) is 0 Å². The molecule has 2 aromatic rings. The number of hydrogen-bond acceptors (Lipinski definition) is 6. The van der Waals surface area contributed by atoms with Gasteiger partial charge >= 0.3 is 0 Å². The van der Waals surface area contributed by atoms with Crippen molar-refractivity contribution < 1.29 is 19.2 Å². The Labute approximate surface area is 142 Å². The lowest BCUT2D eigenvalue weighted by Gasteiger charge is -2.10. The van der Waals surface area contributed by atoms with Crippen LogP contribution in [0.3, 0.4) is 0 Å². The monoisotopic (exact) mass is 335 g/mol. The van der Waals surface area contributed by atoms with Gasteiger partial charge < -0.3 is 11.1 Å². The van der Waals surface area contributed by atoms with E-state index in [-0.39, 0.29) is 29.3 Å². The van der Waals surface area contributed by atoms with Crippen molar-refractivity contribution in [3.05, 3.63) is 71.1 Å². The molecule has 3 N–H and O–H groups in total. The third-order valence-corrected chi connectivity index (χ3v) is 3.65. The van der Waals surface area contributed by atoms with Gasteiger partial charge in [0.25, 0.3) is 5.91 Å². The number of carbonyl (C=O) groups is 4. The second-order valence-corrected chi connectivity index (χ2v) is 5.38. The zero-order valence-electron chi connectivity index (χ0n) is 13.0. The number of rotatable bonds is 4. The standard InChI is InChI=1S/C18H13N3O4/c19-11-3-1-10(2-4-11)18(25)20-9-16(24)13-6-5-12-14(22)7-8-15(23)17(12)21-13/h1-8H,9,19H2,(H,20,25). The third-order valence-electron chi connectivity index (χ3n) is 3.65.